The van der Waals surface area contributed by atoms with Gasteiger partial charge in [0, 0.05) is 17.1 Å². The standard InChI is InChI=1S/C14H18ClF2NO3/c1-8(2)11(7-19)13(20)18-6-9-5-10(15)3-4-12(9)21-14(16)17/h3-5,8,11,14,19H,6-7H2,1-2H3,(H,18,20). The molecule has 0 saturated heterocycles. The van der Waals surface area contributed by atoms with Gasteiger partial charge >= 0.3 is 6.61 Å². The molecule has 21 heavy (non-hydrogen) atoms. The molecule has 1 aromatic rings. The van der Waals surface area contributed by atoms with Crippen molar-refractivity contribution in [2.75, 3.05) is 6.61 Å². The van der Waals surface area contributed by atoms with E-state index in [-0.39, 0.29) is 30.7 Å². The molecule has 0 radical (unpaired) electrons. The number of benzene rings is 1. The van der Waals surface area contributed by atoms with Crippen LogP contribution in [0.4, 0.5) is 8.78 Å². The first-order valence-electron chi connectivity index (χ1n) is 6.47. The SMILES string of the molecule is CC(C)C(CO)C(=O)NCc1cc(Cl)ccc1OC(F)F. The predicted octanol–water partition coefficient (Wildman–Crippen LogP) is 2.82. The van der Waals surface area contributed by atoms with E-state index in [2.05, 4.69) is 10.1 Å². The van der Waals surface area contributed by atoms with Crippen molar-refractivity contribution in [2.24, 2.45) is 11.8 Å². The van der Waals surface area contributed by atoms with Crippen LogP contribution in [0, 0.1) is 11.8 Å². The number of nitrogens with one attached hydrogen (secondary N) is 1. The van der Waals surface area contributed by atoms with Gasteiger partial charge in [0.25, 0.3) is 0 Å². The molecule has 4 nitrogen and oxygen atoms in total. The van der Waals surface area contributed by atoms with Gasteiger partial charge in [0.1, 0.15) is 5.75 Å². The van der Waals surface area contributed by atoms with Crippen LogP contribution in [-0.2, 0) is 11.3 Å². The molecule has 0 aromatic heterocycles. The average molecular weight is 322 g/mol. The second-order valence-corrected chi connectivity index (χ2v) is 5.32. The van der Waals surface area contributed by atoms with E-state index >= 15 is 0 Å². The third kappa shape index (κ3) is 5.47. The van der Waals surface area contributed by atoms with Crippen LogP contribution in [-0.4, -0.2) is 24.2 Å². The average Bonchev–Trinajstić information content (AvgIpc) is 2.39. The van der Waals surface area contributed by atoms with Gasteiger partial charge in [0.05, 0.1) is 12.5 Å². The fraction of sp³-hybridized carbons (Fsp3) is 0.500. The molecule has 2 N–H and O–H groups in total. The van der Waals surface area contributed by atoms with Crippen molar-refractivity contribution >= 4 is 17.5 Å². The highest BCUT2D eigenvalue weighted by Gasteiger charge is 2.21. The summed E-state index contributed by atoms with van der Waals surface area (Å²) in [5.41, 5.74) is 0.344. The van der Waals surface area contributed by atoms with Crippen LogP contribution in [0.1, 0.15) is 19.4 Å². The molecule has 7 heteroatoms. The molecule has 0 heterocycles. The summed E-state index contributed by atoms with van der Waals surface area (Å²) in [6.07, 6.45) is 0. The quantitative estimate of drug-likeness (QED) is 0.812. The number of aliphatic hydroxyl groups excluding tert-OH is 1. The molecular formula is C14H18ClF2NO3. The number of hydrogen-bond donors (Lipinski definition) is 2. The van der Waals surface area contributed by atoms with Crippen molar-refractivity contribution < 1.29 is 23.4 Å². The van der Waals surface area contributed by atoms with E-state index in [1.54, 1.807) is 0 Å². The highest BCUT2D eigenvalue weighted by atomic mass is 35.5. The molecule has 0 spiro atoms. The number of alkyl halides is 2. The van der Waals surface area contributed by atoms with Crippen LogP contribution < -0.4 is 10.1 Å². The Bertz CT molecular complexity index is 483. The minimum absolute atomic E-state index is 0.00926. The van der Waals surface area contributed by atoms with E-state index < -0.39 is 12.5 Å². The van der Waals surface area contributed by atoms with Crippen molar-refractivity contribution in [3.8, 4) is 5.75 Å². The lowest BCUT2D eigenvalue weighted by Crippen LogP contribution is -2.35. The molecule has 118 valence electrons. The second-order valence-electron chi connectivity index (χ2n) is 4.88. The van der Waals surface area contributed by atoms with Gasteiger partial charge in [-0.3, -0.25) is 4.79 Å². The first-order valence-corrected chi connectivity index (χ1v) is 6.84. The van der Waals surface area contributed by atoms with Gasteiger partial charge in [-0.1, -0.05) is 25.4 Å². The van der Waals surface area contributed by atoms with Crippen LogP contribution in [0.5, 0.6) is 5.75 Å². The van der Waals surface area contributed by atoms with Crippen LogP contribution >= 0.6 is 11.6 Å². The molecule has 0 bridgehead atoms. The fourth-order valence-corrected chi connectivity index (χ4v) is 2.00. The van der Waals surface area contributed by atoms with Gasteiger partial charge in [-0.05, 0) is 24.1 Å². The molecule has 0 aliphatic heterocycles. The third-order valence-electron chi connectivity index (χ3n) is 3.03. The summed E-state index contributed by atoms with van der Waals surface area (Å²) in [5, 5.41) is 12.1. The summed E-state index contributed by atoms with van der Waals surface area (Å²) in [6.45, 7) is 0.377. The largest absolute Gasteiger partial charge is 0.434 e. The van der Waals surface area contributed by atoms with Crippen molar-refractivity contribution in [3.63, 3.8) is 0 Å². The molecule has 0 aliphatic carbocycles. The Morgan fingerprint density at radius 3 is 2.62 bits per heavy atom. The fourth-order valence-electron chi connectivity index (χ4n) is 1.81. The lowest BCUT2D eigenvalue weighted by Gasteiger charge is -2.18. The van der Waals surface area contributed by atoms with Gasteiger partial charge in [0.15, 0.2) is 0 Å². The summed E-state index contributed by atoms with van der Waals surface area (Å²) in [4.78, 5) is 11.9. The summed E-state index contributed by atoms with van der Waals surface area (Å²) >= 11 is 5.81. The van der Waals surface area contributed by atoms with Crippen molar-refractivity contribution in [1.29, 1.82) is 0 Å². The van der Waals surface area contributed by atoms with Gasteiger partial charge in [-0.25, -0.2) is 0 Å². The van der Waals surface area contributed by atoms with Crippen molar-refractivity contribution in [1.82, 2.24) is 5.32 Å². The molecule has 0 saturated carbocycles. The van der Waals surface area contributed by atoms with E-state index in [1.165, 1.54) is 18.2 Å². The molecular weight excluding hydrogens is 304 g/mol. The summed E-state index contributed by atoms with van der Waals surface area (Å²) < 4.78 is 29.0. The Balaban J connectivity index is 2.78. The monoisotopic (exact) mass is 321 g/mol. The van der Waals surface area contributed by atoms with Gasteiger partial charge in [-0.2, -0.15) is 8.78 Å². The van der Waals surface area contributed by atoms with Crippen LogP contribution in [0.15, 0.2) is 18.2 Å². The van der Waals surface area contributed by atoms with E-state index in [0.29, 0.717) is 10.6 Å². The zero-order valence-electron chi connectivity index (χ0n) is 11.8. The number of carbonyl (C=O) groups excluding carboxylic acids is 1. The summed E-state index contributed by atoms with van der Waals surface area (Å²) in [6, 6.07) is 4.19. The summed E-state index contributed by atoms with van der Waals surface area (Å²) in [5.74, 6) is -0.981. The Morgan fingerprint density at radius 1 is 1.43 bits per heavy atom. The number of aliphatic hydroxyl groups is 1. The summed E-state index contributed by atoms with van der Waals surface area (Å²) in [7, 11) is 0. The Hall–Kier alpha value is -1.40. The number of halogens is 3. The van der Waals surface area contributed by atoms with Crippen LogP contribution in [0.3, 0.4) is 0 Å². The first-order chi connectivity index (χ1) is 9.85. The Kier molecular flexibility index (Phi) is 6.84. The zero-order chi connectivity index (χ0) is 16.0. The topological polar surface area (TPSA) is 58.6 Å². The highest BCUT2D eigenvalue weighted by molar-refractivity contribution is 6.30. The minimum Gasteiger partial charge on any atom is -0.434 e. The van der Waals surface area contributed by atoms with Gasteiger partial charge in [0.2, 0.25) is 5.91 Å². The normalized spacial score (nSPS) is 12.6. The van der Waals surface area contributed by atoms with E-state index in [1.807, 2.05) is 13.8 Å². The number of carbonyl (C=O) groups is 1. The molecule has 1 aromatic carbocycles. The van der Waals surface area contributed by atoms with E-state index in [4.69, 9.17) is 11.6 Å². The third-order valence-corrected chi connectivity index (χ3v) is 3.26. The lowest BCUT2D eigenvalue weighted by molar-refractivity contribution is -0.127. The van der Waals surface area contributed by atoms with Gasteiger partial charge in [-0.15, -0.1) is 0 Å². The maximum absolute atomic E-state index is 12.3. The molecule has 1 unspecified atom stereocenters. The number of rotatable bonds is 7. The molecule has 0 aliphatic rings. The predicted molar refractivity (Wildman–Crippen MR) is 75.3 cm³/mol. The number of amides is 1. The Labute approximate surface area is 127 Å². The Morgan fingerprint density at radius 2 is 2.10 bits per heavy atom. The second kappa shape index (κ2) is 8.14. The van der Waals surface area contributed by atoms with Crippen LogP contribution in [0.2, 0.25) is 5.02 Å². The molecule has 1 rings (SSSR count). The van der Waals surface area contributed by atoms with E-state index in [9.17, 15) is 18.7 Å². The maximum Gasteiger partial charge on any atom is 0.387 e. The highest BCUT2D eigenvalue weighted by Crippen LogP contribution is 2.24. The minimum atomic E-state index is -2.96. The van der Waals surface area contributed by atoms with Crippen molar-refractivity contribution in [3.05, 3.63) is 28.8 Å². The van der Waals surface area contributed by atoms with Crippen LogP contribution in [0.25, 0.3) is 0 Å². The molecule has 1 amide bonds. The number of hydrogen-bond acceptors (Lipinski definition) is 3. The maximum atomic E-state index is 12.3. The lowest BCUT2D eigenvalue weighted by atomic mass is 9.96. The van der Waals surface area contributed by atoms with E-state index in [0.717, 1.165) is 0 Å². The van der Waals surface area contributed by atoms with Crippen molar-refractivity contribution in [2.45, 2.75) is 27.0 Å². The zero-order valence-corrected chi connectivity index (χ0v) is 12.5. The first kappa shape index (κ1) is 17.7. The number of ether oxygens (including phenoxy) is 1. The van der Waals surface area contributed by atoms with Gasteiger partial charge < -0.3 is 15.2 Å². The molecule has 0 fully saturated rings. The molecule has 1 atom stereocenters. The smallest absolute Gasteiger partial charge is 0.387 e.